The van der Waals surface area contributed by atoms with Gasteiger partial charge in [-0.15, -0.1) is 0 Å². The molecule has 0 amide bonds. The Labute approximate surface area is 299 Å². The lowest BCUT2D eigenvalue weighted by atomic mass is 9.96. The Morgan fingerprint density at radius 3 is 1.10 bits per heavy atom. The van der Waals surface area contributed by atoms with Crippen LogP contribution in [0.2, 0.25) is 0 Å². The van der Waals surface area contributed by atoms with Crippen molar-refractivity contribution < 1.29 is 0 Å². The van der Waals surface area contributed by atoms with Crippen molar-refractivity contribution in [3.05, 3.63) is 157 Å². The zero-order chi connectivity index (χ0) is 34.1. The fourth-order valence-corrected chi connectivity index (χ4v) is 8.23. The summed E-state index contributed by atoms with van der Waals surface area (Å²) in [7, 11) is 0. The van der Waals surface area contributed by atoms with Crippen molar-refractivity contribution in [2.75, 3.05) is 9.80 Å². The summed E-state index contributed by atoms with van der Waals surface area (Å²) >= 11 is 1.21. The predicted molar refractivity (Wildman–Crippen MR) is 211 cm³/mol. The molecule has 10 rings (SSSR count). The second-order valence-corrected chi connectivity index (χ2v) is 13.4. The van der Waals surface area contributed by atoms with E-state index in [1.165, 1.54) is 33.6 Å². The van der Waals surface area contributed by atoms with E-state index in [4.69, 9.17) is 18.7 Å². The van der Waals surface area contributed by atoms with Gasteiger partial charge in [0.05, 0.1) is 23.1 Å². The number of anilines is 6. The second-order valence-electron chi connectivity index (χ2n) is 12.9. The molecule has 0 fully saturated rings. The van der Waals surface area contributed by atoms with Gasteiger partial charge in [0.15, 0.2) is 0 Å². The summed E-state index contributed by atoms with van der Waals surface area (Å²) in [5, 5.41) is 2.48. The van der Waals surface area contributed by atoms with E-state index in [-0.39, 0.29) is 0 Å². The molecule has 0 unspecified atom stereocenters. The molecule has 0 aliphatic heterocycles. The van der Waals surface area contributed by atoms with Crippen molar-refractivity contribution in [2.45, 2.75) is 13.8 Å². The van der Waals surface area contributed by atoms with Crippen LogP contribution in [0.3, 0.4) is 0 Å². The van der Waals surface area contributed by atoms with Crippen molar-refractivity contribution >= 4 is 78.7 Å². The summed E-state index contributed by atoms with van der Waals surface area (Å²) in [6.45, 7) is 4.37. The number of aryl methyl sites for hydroxylation is 2. The highest BCUT2D eigenvalue weighted by molar-refractivity contribution is 7.00. The van der Waals surface area contributed by atoms with Gasteiger partial charge in [-0.25, -0.2) is 9.97 Å². The maximum Gasteiger partial charge on any atom is 0.133 e. The van der Waals surface area contributed by atoms with Crippen LogP contribution in [-0.2, 0) is 0 Å². The minimum absolute atomic E-state index is 0.756. The number of rotatable bonds is 6. The van der Waals surface area contributed by atoms with Crippen LogP contribution in [0.15, 0.2) is 146 Å². The Hall–Kier alpha value is -6.44. The van der Waals surface area contributed by atoms with E-state index in [1.807, 2.05) is 24.3 Å². The zero-order valence-electron chi connectivity index (χ0n) is 27.9. The standard InChI is InChI=1S/C44H30N6S/c1-27-23-25-33-36-34(26-24-28(2)35(27)36)38-37(33)45-39-40(46-38)44(50(31-19-11-5-12-20-31)32-21-13-6-14-22-32)42-41(47-51-48-42)43(39)49(29-15-7-3-8-16-29)30-17-9-4-10-18-30/h3-26H,1-2H3. The maximum absolute atomic E-state index is 5.69. The van der Waals surface area contributed by atoms with Crippen molar-refractivity contribution in [3.63, 3.8) is 0 Å². The summed E-state index contributed by atoms with van der Waals surface area (Å²) in [5.74, 6) is 0. The Morgan fingerprint density at radius 1 is 0.392 bits per heavy atom. The van der Waals surface area contributed by atoms with Gasteiger partial charge < -0.3 is 9.80 Å². The van der Waals surface area contributed by atoms with Crippen LogP contribution in [0.4, 0.5) is 34.1 Å². The maximum atomic E-state index is 5.69. The minimum Gasteiger partial charge on any atom is -0.306 e. The minimum atomic E-state index is 0.756. The second kappa shape index (κ2) is 11.6. The van der Waals surface area contributed by atoms with Gasteiger partial charge in [0.2, 0.25) is 0 Å². The summed E-state index contributed by atoms with van der Waals surface area (Å²) in [4.78, 5) is 15.9. The monoisotopic (exact) mass is 674 g/mol. The highest BCUT2D eigenvalue weighted by Gasteiger charge is 2.33. The van der Waals surface area contributed by atoms with Gasteiger partial charge in [0.25, 0.3) is 0 Å². The molecule has 0 saturated heterocycles. The molecular formula is C44H30N6S. The Morgan fingerprint density at radius 2 is 0.745 bits per heavy atom. The van der Waals surface area contributed by atoms with Crippen molar-refractivity contribution in [1.82, 2.24) is 18.7 Å². The van der Waals surface area contributed by atoms with Crippen LogP contribution < -0.4 is 9.80 Å². The highest BCUT2D eigenvalue weighted by atomic mass is 32.1. The molecule has 1 aliphatic carbocycles. The highest BCUT2D eigenvalue weighted by Crippen LogP contribution is 2.53. The van der Waals surface area contributed by atoms with E-state index < -0.39 is 0 Å². The third kappa shape index (κ3) is 4.48. The average Bonchev–Trinajstić information content (AvgIpc) is 3.79. The van der Waals surface area contributed by atoms with E-state index in [0.717, 1.165) is 78.7 Å². The number of para-hydroxylation sites is 4. The molecule has 242 valence electrons. The van der Waals surface area contributed by atoms with Gasteiger partial charge in [0, 0.05) is 39.3 Å². The van der Waals surface area contributed by atoms with Gasteiger partial charge in [-0.05, 0) is 78.9 Å². The number of hydrogen-bond donors (Lipinski definition) is 0. The molecule has 7 aromatic carbocycles. The van der Waals surface area contributed by atoms with E-state index in [1.54, 1.807) is 0 Å². The molecule has 0 N–H and O–H groups in total. The Bertz CT molecular complexity index is 2500. The quantitative estimate of drug-likeness (QED) is 0.164. The topological polar surface area (TPSA) is 58.0 Å². The fourth-order valence-electron chi connectivity index (χ4n) is 7.68. The molecule has 0 bridgehead atoms. The van der Waals surface area contributed by atoms with Gasteiger partial charge >= 0.3 is 0 Å². The third-order valence-electron chi connectivity index (χ3n) is 9.87. The largest absolute Gasteiger partial charge is 0.306 e. The predicted octanol–water partition coefficient (Wildman–Crippen LogP) is 12.0. The van der Waals surface area contributed by atoms with Crippen LogP contribution >= 0.6 is 11.7 Å². The normalized spacial score (nSPS) is 11.7. The lowest BCUT2D eigenvalue weighted by Gasteiger charge is -2.30. The molecule has 0 saturated carbocycles. The van der Waals surface area contributed by atoms with Gasteiger partial charge in [-0.1, -0.05) is 97.1 Å². The molecule has 2 heterocycles. The van der Waals surface area contributed by atoms with Gasteiger partial charge in [0.1, 0.15) is 33.4 Å². The van der Waals surface area contributed by atoms with Crippen LogP contribution in [0.5, 0.6) is 0 Å². The third-order valence-corrected chi connectivity index (χ3v) is 10.4. The SMILES string of the molecule is Cc1ccc2c3c(ccc(C)c13)-c1nc3c(N(c4ccccc4)c4ccccc4)c4nsnc4c(N(c4ccccc4)c4ccccc4)c3nc1-2. The Kier molecular flexibility index (Phi) is 6.69. The van der Waals surface area contributed by atoms with Gasteiger partial charge in [-0.3, -0.25) is 0 Å². The smallest absolute Gasteiger partial charge is 0.133 e. The molecule has 6 nitrogen and oxygen atoms in total. The molecule has 0 spiro atoms. The number of fused-ring (bicyclic) bond motifs is 5. The molecule has 2 aromatic heterocycles. The first kappa shape index (κ1) is 29.5. The number of hydrogen-bond acceptors (Lipinski definition) is 7. The molecule has 0 radical (unpaired) electrons. The lowest BCUT2D eigenvalue weighted by Crippen LogP contribution is -2.15. The molecule has 51 heavy (non-hydrogen) atoms. The summed E-state index contributed by atoms with van der Waals surface area (Å²) < 4.78 is 10.1. The molecule has 9 aromatic rings. The summed E-state index contributed by atoms with van der Waals surface area (Å²) in [6, 6.07) is 50.5. The van der Waals surface area contributed by atoms with Crippen LogP contribution in [0, 0.1) is 13.8 Å². The molecular weight excluding hydrogens is 645 g/mol. The first-order valence-corrected chi connectivity index (χ1v) is 17.7. The van der Waals surface area contributed by atoms with E-state index in [2.05, 4.69) is 145 Å². The molecule has 7 heteroatoms. The zero-order valence-corrected chi connectivity index (χ0v) is 28.8. The molecule has 1 aliphatic rings. The van der Waals surface area contributed by atoms with E-state index >= 15 is 0 Å². The van der Waals surface area contributed by atoms with Crippen LogP contribution in [0.25, 0.3) is 55.4 Å². The lowest BCUT2D eigenvalue weighted by molar-refractivity contribution is 1.24. The first-order chi connectivity index (χ1) is 25.2. The fraction of sp³-hybridized carbons (Fsp3) is 0.0455. The average molecular weight is 675 g/mol. The van der Waals surface area contributed by atoms with Crippen molar-refractivity contribution in [2.24, 2.45) is 0 Å². The number of aromatic nitrogens is 4. The van der Waals surface area contributed by atoms with Crippen molar-refractivity contribution in [1.29, 1.82) is 0 Å². The molecule has 0 atom stereocenters. The Balaban J connectivity index is 1.40. The number of benzene rings is 7. The summed E-state index contributed by atoms with van der Waals surface area (Å²) in [6.07, 6.45) is 0. The number of nitrogens with zero attached hydrogens (tertiary/aromatic N) is 6. The van der Waals surface area contributed by atoms with E-state index in [9.17, 15) is 0 Å². The first-order valence-electron chi connectivity index (χ1n) is 17.0. The van der Waals surface area contributed by atoms with Crippen LogP contribution in [-0.4, -0.2) is 18.7 Å². The van der Waals surface area contributed by atoms with E-state index in [0.29, 0.717) is 0 Å². The van der Waals surface area contributed by atoms with Crippen LogP contribution in [0.1, 0.15) is 11.1 Å². The van der Waals surface area contributed by atoms with Crippen molar-refractivity contribution in [3.8, 4) is 22.5 Å². The van der Waals surface area contributed by atoms with Gasteiger partial charge in [-0.2, -0.15) is 8.75 Å². The summed E-state index contributed by atoms with van der Waals surface area (Å²) in [5.41, 5.74) is 15.2.